The third-order valence-corrected chi connectivity index (χ3v) is 3.99. The van der Waals surface area contributed by atoms with Crippen LogP contribution in [0.15, 0.2) is 16.8 Å². The molecule has 0 aliphatic rings. The molecule has 0 saturated heterocycles. The minimum absolute atomic E-state index is 0.260. The molecule has 2 aromatic heterocycles. The zero-order valence-electron chi connectivity index (χ0n) is 11.6. The summed E-state index contributed by atoms with van der Waals surface area (Å²) in [5.74, 6) is 0.408. The molecule has 6 heteroatoms. The average Bonchev–Trinajstić information content (AvgIpc) is 2.95. The molecule has 0 aliphatic heterocycles. The van der Waals surface area contributed by atoms with Crippen LogP contribution < -0.4 is 5.32 Å². The molecule has 2 N–H and O–H groups in total. The van der Waals surface area contributed by atoms with Gasteiger partial charge in [-0.15, -0.1) is 5.10 Å². The summed E-state index contributed by atoms with van der Waals surface area (Å²) in [6.07, 6.45) is 0. The SMILES string of the molecule is Cc1nnc(NCC(C)(O)c2ccsc2)c(C#N)c1C. The van der Waals surface area contributed by atoms with Gasteiger partial charge in [-0.2, -0.15) is 21.7 Å². The Morgan fingerprint density at radius 1 is 1.45 bits per heavy atom. The zero-order chi connectivity index (χ0) is 14.8. The van der Waals surface area contributed by atoms with E-state index in [2.05, 4.69) is 21.6 Å². The van der Waals surface area contributed by atoms with E-state index in [1.54, 1.807) is 6.92 Å². The van der Waals surface area contributed by atoms with Crippen LogP contribution in [0.5, 0.6) is 0 Å². The Labute approximate surface area is 121 Å². The molecule has 0 radical (unpaired) electrons. The standard InChI is InChI=1S/C14H16N4OS/c1-9-10(2)17-18-13(12(9)6-15)16-8-14(3,19)11-4-5-20-7-11/h4-5,7,19H,8H2,1-3H3,(H,16,18). The predicted molar refractivity (Wildman–Crippen MR) is 78.6 cm³/mol. The van der Waals surface area contributed by atoms with Crippen LogP contribution >= 0.6 is 11.3 Å². The smallest absolute Gasteiger partial charge is 0.167 e. The topological polar surface area (TPSA) is 81.8 Å². The molecule has 0 bridgehead atoms. The molecule has 1 unspecified atom stereocenters. The lowest BCUT2D eigenvalue weighted by Gasteiger charge is -2.23. The summed E-state index contributed by atoms with van der Waals surface area (Å²) < 4.78 is 0. The Bertz CT molecular complexity index is 644. The van der Waals surface area contributed by atoms with Crippen molar-refractivity contribution in [2.75, 3.05) is 11.9 Å². The molecule has 104 valence electrons. The zero-order valence-corrected chi connectivity index (χ0v) is 12.5. The average molecular weight is 288 g/mol. The number of aromatic nitrogens is 2. The molecule has 1 atom stereocenters. The van der Waals surface area contributed by atoms with E-state index in [0.717, 1.165) is 16.8 Å². The molecule has 0 fully saturated rings. The lowest BCUT2D eigenvalue weighted by atomic mass is 9.99. The van der Waals surface area contributed by atoms with Gasteiger partial charge >= 0.3 is 0 Å². The van der Waals surface area contributed by atoms with Crippen molar-refractivity contribution in [2.24, 2.45) is 0 Å². The van der Waals surface area contributed by atoms with Crippen molar-refractivity contribution in [2.45, 2.75) is 26.4 Å². The Balaban J connectivity index is 2.20. The Morgan fingerprint density at radius 2 is 2.20 bits per heavy atom. The maximum Gasteiger partial charge on any atom is 0.167 e. The number of aliphatic hydroxyl groups is 1. The van der Waals surface area contributed by atoms with E-state index < -0.39 is 5.60 Å². The van der Waals surface area contributed by atoms with Crippen molar-refractivity contribution in [3.8, 4) is 6.07 Å². The molecular formula is C14H16N4OS. The van der Waals surface area contributed by atoms with Crippen molar-refractivity contribution in [3.05, 3.63) is 39.2 Å². The van der Waals surface area contributed by atoms with Crippen LogP contribution in [-0.2, 0) is 5.60 Å². The van der Waals surface area contributed by atoms with Gasteiger partial charge in [0.15, 0.2) is 5.82 Å². The fourth-order valence-corrected chi connectivity index (χ4v) is 2.58. The number of nitriles is 1. The van der Waals surface area contributed by atoms with Gasteiger partial charge in [-0.25, -0.2) is 0 Å². The van der Waals surface area contributed by atoms with Crippen LogP contribution in [0.25, 0.3) is 0 Å². The van der Waals surface area contributed by atoms with Crippen LogP contribution in [0.2, 0.25) is 0 Å². The highest BCUT2D eigenvalue weighted by Gasteiger charge is 2.24. The molecule has 2 rings (SSSR count). The molecule has 2 aromatic rings. The number of aryl methyl sites for hydroxylation is 1. The summed E-state index contributed by atoms with van der Waals surface area (Å²) in [5, 5.41) is 34.5. The van der Waals surface area contributed by atoms with Crippen molar-refractivity contribution >= 4 is 17.2 Å². The lowest BCUT2D eigenvalue weighted by Crippen LogP contribution is -2.30. The van der Waals surface area contributed by atoms with Gasteiger partial charge in [0.2, 0.25) is 0 Å². The molecule has 20 heavy (non-hydrogen) atoms. The number of anilines is 1. The third kappa shape index (κ3) is 2.79. The molecular weight excluding hydrogens is 272 g/mol. The molecule has 0 amide bonds. The van der Waals surface area contributed by atoms with E-state index in [4.69, 9.17) is 0 Å². The lowest BCUT2D eigenvalue weighted by molar-refractivity contribution is 0.0719. The van der Waals surface area contributed by atoms with Crippen molar-refractivity contribution < 1.29 is 5.11 Å². The summed E-state index contributed by atoms with van der Waals surface area (Å²) in [6.45, 7) is 5.64. The normalized spacial score (nSPS) is 13.6. The highest BCUT2D eigenvalue weighted by Crippen LogP contribution is 2.24. The summed E-state index contributed by atoms with van der Waals surface area (Å²) in [7, 11) is 0. The van der Waals surface area contributed by atoms with E-state index in [9.17, 15) is 10.4 Å². The van der Waals surface area contributed by atoms with Gasteiger partial charge in [-0.3, -0.25) is 0 Å². The van der Waals surface area contributed by atoms with Crippen molar-refractivity contribution in [1.29, 1.82) is 5.26 Å². The number of rotatable bonds is 4. The second-order valence-corrected chi connectivity index (χ2v) is 5.67. The Morgan fingerprint density at radius 3 is 2.80 bits per heavy atom. The fraction of sp³-hybridized carbons (Fsp3) is 0.357. The maximum absolute atomic E-state index is 10.4. The molecule has 5 nitrogen and oxygen atoms in total. The van der Waals surface area contributed by atoms with Gasteiger partial charge in [0.1, 0.15) is 17.2 Å². The second kappa shape index (κ2) is 5.57. The minimum Gasteiger partial charge on any atom is -0.384 e. The summed E-state index contributed by atoms with van der Waals surface area (Å²) in [6, 6.07) is 4.01. The second-order valence-electron chi connectivity index (χ2n) is 4.89. The number of hydrogen-bond acceptors (Lipinski definition) is 6. The van der Waals surface area contributed by atoms with Gasteiger partial charge in [0, 0.05) is 6.54 Å². The van der Waals surface area contributed by atoms with Gasteiger partial charge in [-0.1, -0.05) is 0 Å². The van der Waals surface area contributed by atoms with E-state index in [1.165, 1.54) is 11.3 Å². The monoisotopic (exact) mass is 288 g/mol. The summed E-state index contributed by atoms with van der Waals surface area (Å²) in [5.41, 5.74) is 1.83. The number of nitrogens with zero attached hydrogens (tertiary/aromatic N) is 3. The van der Waals surface area contributed by atoms with E-state index in [0.29, 0.717) is 11.4 Å². The Hall–Kier alpha value is -1.97. The maximum atomic E-state index is 10.4. The van der Waals surface area contributed by atoms with E-state index in [1.807, 2.05) is 30.7 Å². The minimum atomic E-state index is -1.02. The van der Waals surface area contributed by atoms with Gasteiger partial charge in [-0.05, 0) is 48.7 Å². The third-order valence-electron chi connectivity index (χ3n) is 3.31. The first-order chi connectivity index (χ1) is 9.45. The van der Waals surface area contributed by atoms with Gasteiger partial charge < -0.3 is 10.4 Å². The molecule has 0 aliphatic carbocycles. The molecule has 0 aromatic carbocycles. The van der Waals surface area contributed by atoms with Crippen LogP contribution in [0.3, 0.4) is 0 Å². The van der Waals surface area contributed by atoms with Gasteiger partial charge in [0.25, 0.3) is 0 Å². The quantitative estimate of drug-likeness (QED) is 0.902. The van der Waals surface area contributed by atoms with Gasteiger partial charge in [0.05, 0.1) is 5.69 Å². The summed E-state index contributed by atoms with van der Waals surface area (Å²) >= 11 is 1.53. The molecule has 0 spiro atoms. The highest BCUT2D eigenvalue weighted by molar-refractivity contribution is 7.08. The largest absolute Gasteiger partial charge is 0.384 e. The van der Waals surface area contributed by atoms with E-state index in [-0.39, 0.29) is 6.54 Å². The van der Waals surface area contributed by atoms with Crippen LogP contribution in [0, 0.1) is 25.2 Å². The number of nitrogens with one attached hydrogen (secondary N) is 1. The number of thiophene rings is 1. The van der Waals surface area contributed by atoms with Crippen LogP contribution in [-0.4, -0.2) is 21.8 Å². The first-order valence-electron chi connectivity index (χ1n) is 6.18. The fourth-order valence-electron chi connectivity index (χ4n) is 1.80. The van der Waals surface area contributed by atoms with Crippen molar-refractivity contribution in [3.63, 3.8) is 0 Å². The van der Waals surface area contributed by atoms with Crippen LogP contribution in [0.1, 0.15) is 29.3 Å². The first-order valence-corrected chi connectivity index (χ1v) is 7.13. The Kier molecular flexibility index (Phi) is 4.02. The summed E-state index contributed by atoms with van der Waals surface area (Å²) in [4.78, 5) is 0. The number of hydrogen-bond donors (Lipinski definition) is 2. The first kappa shape index (κ1) is 14.4. The predicted octanol–water partition coefficient (Wildman–Crippen LogP) is 2.35. The molecule has 0 saturated carbocycles. The highest BCUT2D eigenvalue weighted by atomic mass is 32.1. The van der Waals surface area contributed by atoms with Crippen LogP contribution in [0.4, 0.5) is 5.82 Å². The van der Waals surface area contributed by atoms with E-state index >= 15 is 0 Å². The van der Waals surface area contributed by atoms with Crippen molar-refractivity contribution in [1.82, 2.24) is 10.2 Å². The molecule has 2 heterocycles.